The van der Waals surface area contributed by atoms with E-state index in [1.807, 2.05) is 30.3 Å². The van der Waals surface area contributed by atoms with Crippen LogP contribution in [0.3, 0.4) is 0 Å². The van der Waals surface area contributed by atoms with Crippen LogP contribution in [0.2, 0.25) is 5.02 Å². The molecule has 2 aromatic carbocycles. The van der Waals surface area contributed by atoms with Gasteiger partial charge >= 0.3 is 0 Å². The standard InChI is InChI=1S/C19H15ClN4O2S2/c20-13-7-4-8-14(9-13)24-16(25)10-15(17(24)26)27-19-23-22-18(28-19)21-11-12-5-2-1-3-6-12/h1-9,15H,10-11H2,(H,21,22)/t15-/m0/s1. The highest BCUT2D eigenvalue weighted by atomic mass is 35.5. The first-order valence-corrected chi connectivity index (χ1v) is 10.6. The minimum atomic E-state index is -0.513. The number of carbonyl (C=O) groups excluding carboxylic acids is 2. The number of halogens is 1. The Balaban J connectivity index is 1.40. The second kappa shape index (κ2) is 8.30. The lowest BCUT2D eigenvalue weighted by atomic mass is 10.2. The van der Waals surface area contributed by atoms with Crippen molar-refractivity contribution < 1.29 is 9.59 Å². The second-order valence-corrected chi connectivity index (χ2v) is 8.93. The monoisotopic (exact) mass is 430 g/mol. The predicted molar refractivity (Wildman–Crippen MR) is 112 cm³/mol. The number of nitrogens with zero attached hydrogens (tertiary/aromatic N) is 3. The number of nitrogens with one attached hydrogen (secondary N) is 1. The predicted octanol–water partition coefficient (Wildman–Crippen LogP) is 4.23. The number of hydrogen-bond acceptors (Lipinski definition) is 7. The number of amides is 2. The van der Waals surface area contributed by atoms with Gasteiger partial charge in [0.15, 0.2) is 4.34 Å². The van der Waals surface area contributed by atoms with Crippen LogP contribution in [0.15, 0.2) is 58.9 Å². The van der Waals surface area contributed by atoms with Gasteiger partial charge in [0.05, 0.1) is 5.69 Å². The molecule has 6 nitrogen and oxygen atoms in total. The van der Waals surface area contributed by atoms with Gasteiger partial charge in [0.2, 0.25) is 16.9 Å². The molecule has 4 rings (SSSR count). The second-order valence-electron chi connectivity index (χ2n) is 6.07. The van der Waals surface area contributed by atoms with Gasteiger partial charge in [-0.1, -0.05) is 71.1 Å². The number of hydrogen-bond donors (Lipinski definition) is 1. The summed E-state index contributed by atoms with van der Waals surface area (Å²) in [6.07, 6.45) is 0.127. The molecule has 142 valence electrons. The average molecular weight is 431 g/mol. The molecule has 1 aliphatic heterocycles. The number of benzene rings is 2. The summed E-state index contributed by atoms with van der Waals surface area (Å²) in [4.78, 5) is 26.3. The summed E-state index contributed by atoms with van der Waals surface area (Å²) in [5.74, 6) is -0.497. The fourth-order valence-electron chi connectivity index (χ4n) is 2.81. The Morgan fingerprint density at radius 3 is 2.75 bits per heavy atom. The van der Waals surface area contributed by atoms with Crippen molar-refractivity contribution in [2.75, 3.05) is 10.2 Å². The van der Waals surface area contributed by atoms with Gasteiger partial charge < -0.3 is 5.32 Å². The Labute approximate surface area is 174 Å². The third-order valence-corrected chi connectivity index (χ3v) is 6.49. The van der Waals surface area contributed by atoms with E-state index < -0.39 is 5.25 Å². The van der Waals surface area contributed by atoms with Crippen molar-refractivity contribution in [1.29, 1.82) is 0 Å². The zero-order valence-corrected chi connectivity index (χ0v) is 16.9. The van der Waals surface area contributed by atoms with Crippen LogP contribution >= 0.6 is 34.7 Å². The summed E-state index contributed by atoms with van der Waals surface area (Å²) in [5, 5.41) is 12.1. The Hall–Kier alpha value is -2.42. The van der Waals surface area contributed by atoms with Gasteiger partial charge in [-0.25, -0.2) is 4.90 Å². The molecule has 0 radical (unpaired) electrons. The minimum Gasteiger partial charge on any atom is -0.356 e. The molecule has 0 bridgehead atoms. The van der Waals surface area contributed by atoms with Gasteiger partial charge in [0, 0.05) is 18.0 Å². The first-order valence-electron chi connectivity index (χ1n) is 8.50. The zero-order chi connectivity index (χ0) is 19.5. The first kappa shape index (κ1) is 18.9. The number of carbonyl (C=O) groups is 2. The van der Waals surface area contributed by atoms with E-state index in [-0.39, 0.29) is 18.2 Å². The Morgan fingerprint density at radius 1 is 1.14 bits per heavy atom. The molecule has 1 aromatic heterocycles. The maximum absolute atomic E-state index is 12.7. The van der Waals surface area contributed by atoms with E-state index in [9.17, 15) is 9.59 Å². The smallest absolute Gasteiger partial charge is 0.247 e. The van der Waals surface area contributed by atoms with Gasteiger partial charge in [-0.3, -0.25) is 9.59 Å². The molecule has 0 unspecified atom stereocenters. The lowest BCUT2D eigenvalue weighted by Gasteiger charge is -2.14. The lowest BCUT2D eigenvalue weighted by Crippen LogP contribution is -2.31. The van der Waals surface area contributed by atoms with Gasteiger partial charge in [0.1, 0.15) is 5.25 Å². The quantitative estimate of drug-likeness (QED) is 0.590. The molecule has 1 atom stereocenters. The van der Waals surface area contributed by atoms with Crippen LogP contribution in [0, 0.1) is 0 Å². The van der Waals surface area contributed by atoms with Crippen LogP contribution in [0.1, 0.15) is 12.0 Å². The fraction of sp³-hybridized carbons (Fsp3) is 0.158. The Bertz CT molecular complexity index is 1010. The van der Waals surface area contributed by atoms with E-state index in [1.165, 1.54) is 28.0 Å². The molecule has 1 aliphatic rings. The zero-order valence-electron chi connectivity index (χ0n) is 14.5. The van der Waals surface area contributed by atoms with Crippen molar-refractivity contribution in [2.24, 2.45) is 0 Å². The summed E-state index contributed by atoms with van der Waals surface area (Å²) in [6, 6.07) is 16.7. The molecule has 2 heterocycles. The van der Waals surface area contributed by atoms with Gasteiger partial charge in [-0.15, -0.1) is 10.2 Å². The maximum Gasteiger partial charge on any atom is 0.247 e. The third-order valence-electron chi connectivity index (χ3n) is 4.11. The average Bonchev–Trinajstić information content (AvgIpc) is 3.25. The van der Waals surface area contributed by atoms with E-state index >= 15 is 0 Å². The van der Waals surface area contributed by atoms with Crippen molar-refractivity contribution in [1.82, 2.24) is 10.2 Å². The van der Waals surface area contributed by atoms with E-state index in [0.29, 0.717) is 26.7 Å². The number of anilines is 2. The molecule has 3 aromatic rings. The Kier molecular flexibility index (Phi) is 5.61. The van der Waals surface area contributed by atoms with Gasteiger partial charge in [-0.05, 0) is 23.8 Å². The van der Waals surface area contributed by atoms with Crippen molar-refractivity contribution in [3.63, 3.8) is 0 Å². The number of rotatable bonds is 6. The molecular formula is C19H15ClN4O2S2. The molecule has 1 fully saturated rings. The molecule has 9 heteroatoms. The highest BCUT2D eigenvalue weighted by Gasteiger charge is 2.40. The molecule has 28 heavy (non-hydrogen) atoms. The molecule has 2 amide bonds. The highest BCUT2D eigenvalue weighted by Crippen LogP contribution is 2.36. The summed E-state index contributed by atoms with van der Waals surface area (Å²) in [5.41, 5.74) is 1.63. The molecule has 0 aliphatic carbocycles. The summed E-state index contributed by atoms with van der Waals surface area (Å²) < 4.78 is 0.648. The van der Waals surface area contributed by atoms with Gasteiger partial charge in [0.25, 0.3) is 0 Å². The van der Waals surface area contributed by atoms with E-state index in [0.717, 1.165) is 5.56 Å². The fourth-order valence-corrected chi connectivity index (χ4v) is 5.01. The summed E-state index contributed by atoms with van der Waals surface area (Å²) >= 11 is 8.62. The first-order chi connectivity index (χ1) is 13.6. The van der Waals surface area contributed by atoms with Crippen LogP contribution in [0.25, 0.3) is 0 Å². The maximum atomic E-state index is 12.7. The van der Waals surface area contributed by atoms with Crippen molar-refractivity contribution >= 4 is 57.3 Å². The number of imide groups is 1. The SMILES string of the molecule is O=C1C[C@H](Sc2nnc(NCc3ccccc3)s2)C(=O)N1c1cccc(Cl)c1. The van der Waals surface area contributed by atoms with E-state index in [2.05, 4.69) is 15.5 Å². The third kappa shape index (κ3) is 4.19. The van der Waals surface area contributed by atoms with Gasteiger partial charge in [-0.2, -0.15) is 0 Å². The largest absolute Gasteiger partial charge is 0.356 e. The van der Waals surface area contributed by atoms with Crippen molar-refractivity contribution in [3.8, 4) is 0 Å². The molecular weight excluding hydrogens is 416 g/mol. The van der Waals surface area contributed by atoms with Crippen LogP contribution < -0.4 is 10.2 Å². The van der Waals surface area contributed by atoms with Crippen LogP contribution in [-0.4, -0.2) is 27.3 Å². The lowest BCUT2D eigenvalue weighted by molar-refractivity contribution is -0.121. The molecule has 0 spiro atoms. The molecule has 0 saturated carbocycles. The van der Waals surface area contributed by atoms with Crippen molar-refractivity contribution in [2.45, 2.75) is 22.6 Å². The minimum absolute atomic E-state index is 0.127. The normalized spacial score (nSPS) is 16.6. The highest BCUT2D eigenvalue weighted by molar-refractivity contribution is 8.02. The Morgan fingerprint density at radius 2 is 1.96 bits per heavy atom. The molecule has 1 saturated heterocycles. The molecule has 1 N–H and O–H groups in total. The number of thioether (sulfide) groups is 1. The number of aromatic nitrogens is 2. The van der Waals surface area contributed by atoms with E-state index in [4.69, 9.17) is 11.6 Å². The van der Waals surface area contributed by atoms with E-state index in [1.54, 1.807) is 24.3 Å². The van der Waals surface area contributed by atoms with Crippen molar-refractivity contribution in [3.05, 3.63) is 65.2 Å². The van der Waals surface area contributed by atoms with Crippen LogP contribution in [-0.2, 0) is 16.1 Å². The summed E-state index contributed by atoms with van der Waals surface area (Å²) in [7, 11) is 0. The summed E-state index contributed by atoms with van der Waals surface area (Å²) in [6.45, 7) is 0.642. The topological polar surface area (TPSA) is 75.2 Å². The van der Waals surface area contributed by atoms with Crippen LogP contribution in [0.5, 0.6) is 0 Å². The van der Waals surface area contributed by atoms with Crippen LogP contribution in [0.4, 0.5) is 10.8 Å².